The van der Waals surface area contributed by atoms with Crippen molar-refractivity contribution in [3.8, 4) is 5.75 Å². The second-order valence-corrected chi connectivity index (χ2v) is 8.11. The van der Waals surface area contributed by atoms with Crippen LogP contribution in [0.2, 0.25) is 0 Å². The number of nitrogens with one attached hydrogen (secondary N) is 1. The van der Waals surface area contributed by atoms with Crippen molar-refractivity contribution >= 4 is 29.2 Å². The van der Waals surface area contributed by atoms with Gasteiger partial charge in [-0.05, 0) is 24.6 Å². The van der Waals surface area contributed by atoms with Crippen LogP contribution in [0, 0.1) is 16.0 Å². The minimum atomic E-state index is -1.19. The second kappa shape index (κ2) is 10.4. The number of amides is 1. The van der Waals surface area contributed by atoms with Gasteiger partial charge in [0.15, 0.2) is 5.92 Å². The summed E-state index contributed by atoms with van der Waals surface area (Å²) in [6.45, 7) is 4.33. The Hall–Kier alpha value is -4.15. The van der Waals surface area contributed by atoms with E-state index in [0.29, 0.717) is 37.7 Å². The van der Waals surface area contributed by atoms with Crippen molar-refractivity contribution in [3.05, 3.63) is 64.2 Å². The van der Waals surface area contributed by atoms with Gasteiger partial charge >= 0.3 is 5.97 Å². The first-order valence-corrected chi connectivity index (χ1v) is 11.4. The van der Waals surface area contributed by atoms with Crippen LogP contribution in [0.3, 0.4) is 0 Å². The maximum absolute atomic E-state index is 13.0. The van der Waals surface area contributed by atoms with Gasteiger partial charge in [-0.15, -0.1) is 0 Å². The van der Waals surface area contributed by atoms with Gasteiger partial charge < -0.3 is 19.3 Å². The highest BCUT2D eigenvalue weighted by Gasteiger charge is 2.42. The fraction of sp³-hybridized carbons (Fsp3) is 0.375. The smallest absolute Gasteiger partial charge is 0.321 e. The van der Waals surface area contributed by atoms with Crippen molar-refractivity contribution in [2.24, 2.45) is 10.9 Å². The number of carbonyl (C=O) groups is 2. The summed E-state index contributed by atoms with van der Waals surface area (Å²) in [6, 6.07) is 12.7. The van der Waals surface area contributed by atoms with Crippen molar-refractivity contribution < 1.29 is 24.0 Å². The molecule has 0 aromatic heterocycles. The Kier molecular flexibility index (Phi) is 7.14. The predicted molar refractivity (Wildman–Crippen MR) is 128 cm³/mol. The number of para-hydroxylation sites is 2. The maximum Gasteiger partial charge on any atom is 0.321 e. The van der Waals surface area contributed by atoms with E-state index in [1.807, 2.05) is 29.2 Å². The van der Waals surface area contributed by atoms with E-state index in [-0.39, 0.29) is 12.3 Å². The molecule has 0 radical (unpaired) electrons. The number of esters is 1. The van der Waals surface area contributed by atoms with Crippen LogP contribution in [0.4, 0.5) is 11.4 Å². The molecule has 1 fully saturated rings. The molecule has 2 aromatic carbocycles. The molecule has 0 bridgehead atoms. The lowest BCUT2D eigenvalue weighted by Crippen LogP contribution is -2.57. The third-order valence-corrected chi connectivity index (χ3v) is 6.09. The van der Waals surface area contributed by atoms with E-state index in [2.05, 4.69) is 10.2 Å². The molecule has 2 aliphatic rings. The molecule has 1 saturated heterocycles. The zero-order valence-corrected chi connectivity index (χ0v) is 19.5. The number of nitro benzene ring substituents is 1. The van der Waals surface area contributed by atoms with Crippen LogP contribution in [-0.4, -0.2) is 67.6 Å². The van der Waals surface area contributed by atoms with Gasteiger partial charge in [0.1, 0.15) is 11.8 Å². The zero-order chi connectivity index (χ0) is 24.9. The Morgan fingerprint density at radius 3 is 2.40 bits per heavy atom. The summed E-state index contributed by atoms with van der Waals surface area (Å²) < 4.78 is 10.6. The fourth-order valence-corrected chi connectivity index (χ4v) is 4.31. The molecule has 184 valence electrons. The molecule has 2 atom stereocenters. The number of aliphatic imine (C=N–C) groups is 1. The van der Waals surface area contributed by atoms with Gasteiger partial charge in [0, 0.05) is 38.3 Å². The van der Waals surface area contributed by atoms with Gasteiger partial charge in [-0.3, -0.25) is 25.0 Å². The Morgan fingerprint density at radius 1 is 1.11 bits per heavy atom. The standard InChI is InChI=1S/C24H27N5O6/c1-3-35-23(31)20-21(16-8-10-17(11-9-16)29(32)33)25-24(26-22(20)30)28-14-12-27(13-15-28)18-6-4-5-7-19(18)34-2/h4-11,20-21H,3,12-15H2,1-2H3,(H,25,26,30)/t20-,21+/m1/s1. The van der Waals surface area contributed by atoms with Crippen LogP contribution in [0.5, 0.6) is 5.75 Å². The van der Waals surface area contributed by atoms with Crippen molar-refractivity contribution in [3.63, 3.8) is 0 Å². The van der Waals surface area contributed by atoms with Gasteiger partial charge in [0.05, 0.1) is 24.3 Å². The number of benzene rings is 2. The Labute approximate surface area is 202 Å². The summed E-state index contributed by atoms with van der Waals surface area (Å²) in [4.78, 5) is 45.1. The third kappa shape index (κ3) is 5.03. The molecule has 2 heterocycles. The molecule has 1 N–H and O–H groups in total. The predicted octanol–water partition coefficient (Wildman–Crippen LogP) is 2.13. The number of guanidine groups is 1. The lowest BCUT2D eigenvalue weighted by molar-refractivity contribution is -0.384. The van der Waals surface area contributed by atoms with Crippen LogP contribution in [0.1, 0.15) is 18.5 Å². The molecule has 0 spiro atoms. The van der Waals surface area contributed by atoms with Crippen LogP contribution in [0.25, 0.3) is 0 Å². The van der Waals surface area contributed by atoms with E-state index in [0.717, 1.165) is 11.4 Å². The Bertz CT molecular complexity index is 1130. The van der Waals surface area contributed by atoms with Crippen LogP contribution in [-0.2, 0) is 14.3 Å². The SMILES string of the molecule is CCOC(=O)[C@H]1C(=O)NC(N2CCN(c3ccccc3OC)CC2)=N[C@H]1c1ccc([N+](=O)[O-])cc1. The maximum atomic E-state index is 13.0. The van der Waals surface area contributed by atoms with E-state index >= 15 is 0 Å². The van der Waals surface area contributed by atoms with Crippen LogP contribution >= 0.6 is 0 Å². The normalized spacial score (nSPS) is 20.1. The highest BCUT2D eigenvalue weighted by atomic mass is 16.6. The number of piperazine rings is 1. The first-order valence-electron chi connectivity index (χ1n) is 11.4. The molecular formula is C24H27N5O6. The second-order valence-electron chi connectivity index (χ2n) is 8.11. The average Bonchev–Trinajstić information content (AvgIpc) is 2.88. The van der Waals surface area contributed by atoms with Crippen LogP contribution in [0.15, 0.2) is 53.5 Å². The molecular weight excluding hydrogens is 454 g/mol. The lowest BCUT2D eigenvalue weighted by Gasteiger charge is -2.40. The van der Waals surface area contributed by atoms with Crippen molar-refractivity contribution in [2.45, 2.75) is 13.0 Å². The lowest BCUT2D eigenvalue weighted by atomic mass is 9.91. The minimum absolute atomic E-state index is 0.0849. The van der Waals surface area contributed by atoms with E-state index in [4.69, 9.17) is 14.5 Å². The number of hydrogen-bond acceptors (Lipinski definition) is 9. The fourth-order valence-electron chi connectivity index (χ4n) is 4.31. The minimum Gasteiger partial charge on any atom is -0.495 e. The number of nitro groups is 1. The summed E-state index contributed by atoms with van der Waals surface area (Å²) in [5, 5.41) is 13.8. The number of ether oxygens (including phenoxy) is 2. The Morgan fingerprint density at radius 2 is 1.77 bits per heavy atom. The molecule has 11 nitrogen and oxygen atoms in total. The van der Waals surface area contributed by atoms with E-state index in [9.17, 15) is 19.7 Å². The van der Waals surface area contributed by atoms with Crippen LogP contribution < -0.4 is 15.0 Å². The first-order chi connectivity index (χ1) is 16.9. The molecule has 11 heteroatoms. The number of anilines is 1. The molecule has 1 amide bonds. The summed E-state index contributed by atoms with van der Waals surface area (Å²) in [5.41, 5.74) is 1.43. The third-order valence-electron chi connectivity index (χ3n) is 6.09. The molecule has 4 rings (SSSR count). The topological polar surface area (TPSA) is 127 Å². The van der Waals surface area contributed by atoms with E-state index < -0.39 is 28.8 Å². The van der Waals surface area contributed by atoms with Gasteiger partial charge in [0.2, 0.25) is 11.9 Å². The highest BCUT2D eigenvalue weighted by molar-refractivity contribution is 6.08. The summed E-state index contributed by atoms with van der Waals surface area (Å²) >= 11 is 0. The summed E-state index contributed by atoms with van der Waals surface area (Å²) in [6.07, 6.45) is 0. The molecule has 0 unspecified atom stereocenters. The number of non-ortho nitro benzene ring substituents is 1. The quantitative estimate of drug-likeness (QED) is 0.288. The van der Waals surface area contributed by atoms with Crippen molar-refractivity contribution in [1.82, 2.24) is 10.2 Å². The molecule has 0 aliphatic carbocycles. The number of nitrogens with zero attached hydrogens (tertiary/aromatic N) is 4. The number of methoxy groups -OCH3 is 1. The van der Waals surface area contributed by atoms with E-state index in [1.165, 1.54) is 24.3 Å². The van der Waals surface area contributed by atoms with Crippen molar-refractivity contribution in [2.75, 3.05) is 44.8 Å². The van der Waals surface area contributed by atoms with Gasteiger partial charge in [-0.25, -0.2) is 4.99 Å². The van der Waals surface area contributed by atoms with Gasteiger partial charge in [0.25, 0.3) is 5.69 Å². The monoisotopic (exact) mass is 481 g/mol. The summed E-state index contributed by atoms with van der Waals surface area (Å²) in [5.74, 6) is -1.21. The van der Waals surface area contributed by atoms with Gasteiger partial charge in [-0.1, -0.05) is 24.3 Å². The molecule has 2 aromatic rings. The number of rotatable bonds is 6. The zero-order valence-electron chi connectivity index (χ0n) is 19.5. The Balaban J connectivity index is 1.58. The van der Waals surface area contributed by atoms with Gasteiger partial charge in [-0.2, -0.15) is 0 Å². The average molecular weight is 482 g/mol. The molecule has 0 saturated carbocycles. The van der Waals surface area contributed by atoms with Crippen molar-refractivity contribution in [1.29, 1.82) is 0 Å². The molecule has 2 aliphatic heterocycles. The van der Waals surface area contributed by atoms with E-state index in [1.54, 1.807) is 14.0 Å². The molecule has 35 heavy (non-hydrogen) atoms. The summed E-state index contributed by atoms with van der Waals surface area (Å²) in [7, 11) is 1.64. The highest BCUT2D eigenvalue weighted by Crippen LogP contribution is 2.33. The number of hydrogen-bond donors (Lipinski definition) is 1. The first kappa shape index (κ1) is 24.0. The largest absolute Gasteiger partial charge is 0.495 e. The number of carbonyl (C=O) groups excluding carboxylic acids is 2.